The molecule has 0 aliphatic carbocycles. The van der Waals surface area contributed by atoms with Crippen molar-refractivity contribution in [2.24, 2.45) is 5.92 Å². The number of nitrogens with zero attached hydrogens (tertiary/aromatic N) is 3. The molecular weight excluding hydrogens is 278 g/mol. The van der Waals surface area contributed by atoms with Crippen molar-refractivity contribution in [3.63, 3.8) is 0 Å². The number of carbonyl (C=O) groups is 1. The van der Waals surface area contributed by atoms with Gasteiger partial charge in [0.1, 0.15) is 5.69 Å². The molecule has 0 spiro atoms. The standard InChI is InChI=1S/C16H21N5O/c1-11(2)9-18-15(22)14-8-12(3)20-16(21-14)19-10-13-4-6-17-7-5-13/h4-8,11H,9-10H2,1-3H3,(H,18,22)(H,19,20,21). The molecule has 2 N–H and O–H groups in total. The Kier molecular flexibility index (Phi) is 5.41. The zero-order chi connectivity index (χ0) is 15.9. The lowest BCUT2D eigenvalue weighted by molar-refractivity contribution is 0.0944. The molecule has 0 aromatic carbocycles. The van der Waals surface area contributed by atoms with Crippen molar-refractivity contribution in [1.82, 2.24) is 20.3 Å². The molecule has 2 aromatic rings. The minimum Gasteiger partial charge on any atom is -0.350 e. The molecule has 6 heteroatoms. The van der Waals surface area contributed by atoms with Gasteiger partial charge < -0.3 is 10.6 Å². The summed E-state index contributed by atoms with van der Waals surface area (Å²) in [5, 5.41) is 5.99. The van der Waals surface area contributed by atoms with Gasteiger partial charge in [0, 0.05) is 31.2 Å². The number of nitrogens with one attached hydrogen (secondary N) is 2. The largest absolute Gasteiger partial charge is 0.350 e. The van der Waals surface area contributed by atoms with Crippen LogP contribution in [0.4, 0.5) is 5.95 Å². The number of hydrogen-bond donors (Lipinski definition) is 2. The van der Waals surface area contributed by atoms with Crippen LogP contribution in [0.2, 0.25) is 0 Å². The fourth-order valence-corrected chi connectivity index (χ4v) is 1.83. The average Bonchev–Trinajstić information content (AvgIpc) is 2.51. The van der Waals surface area contributed by atoms with Crippen LogP contribution in [0.1, 0.15) is 35.6 Å². The normalized spacial score (nSPS) is 10.5. The van der Waals surface area contributed by atoms with Crippen LogP contribution in [0.25, 0.3) is 0 Å². The third-order valence-electron chi connectivity index (χ3n) is 2.96. The molecule has 2 rings (SSSR count). The van der Waals surface area contributed by atoms with Crippen LogP contribution >= 0.6 is 0 Å². The van der Waals surface area contributed by atoms with Gasteiger partial charge in [0.25, 0.3) is 5.91 Å². The van der Waals surface area contributed by atoms with Crippen molar-refractivity contribution in [1.29, 1.82) is 0 Å². The Bertz CT molecular complexity index is 628. The Hall–Kier alpha value is -2.50. The van der Waals surface area contributed by atoms with Crippen LogP contribution in [-0.4, -0.2) is 27.4 Å². The van der Waals surface area contributed by atoms with Gasteiger partial charge in [0.05, 0.1) is 0 Å². The molecule has 0 aliphatic rings. The molecule has 2 aromatic heterocycles. The van der Waals surface area contributed by atoms with E-state index in [0.29, 0.717) is 30.6 Å². The van der Waals surface area contributed by atoms with Crippen molar-refractivity contribution in [2.75, 3.05) is 11.9 Å². The topological polar surface area (TPSA) is 79.8 Å². The molecular formula is C16H21N5O. The third kappa shape index (κ3) is 4.80. The summed E-state index contributed by atoms with van der Waals surface area (Å²) < 4.78 is 0. The molecule has 116 valence electrons. The van der Waals surface area contributed by atoms with Crippen LogP contribution in [0, 0.1) is 12.8 Å². The van der Waals surface area contributed by atoms with Gasteiger partial charge in [-0.25, -0.2) is 9.97 Å². The number of rotatable bonds is 6. The summed E-state index contributed by atoms with van der Waals surface area (Å²) >= 11 is 0. The molecule has 22 heavy (non-hydrogen) atoms. The molecule has 0 aliphatic heterocycles. The number of hydrogen-bond acceptors (Lipinski definition) is 5. The smallest absolute Gasteiger partial charge is 0.270 e. The van der Waals surface area contributed by atoms with Crippen LogP contribution in [0.5, 0.6) is 0 Å². The molecule has 1 amide bonds. The van der Waals surface area contributed by atoms with E-state index in [-0.39, 0.29) is 5.91 Å². The molecule has 0 saturated heterocycles. The second-order valence-corrected chi connectivity index (χ2v) is 5.53. The molecule has 0 saturated carbocycles. The van der Waals surface area contributed by atoms with Gasteiger partial charge in [-0.2, -0.15) is 0 Å². The van der Waals surface area contributed by atoms with E-state index in [1.807, 2.05) is 32.9 Å². The highest BCUT2D eigenvalue weighted by Gasteiger charge is 2.10. The molecule has 0 fully saturated rings. The Morgan fingerprint density at radius 1 is 1.23 bits per heavy atom. The van der Waals surface area contributed by atoms with E-state index in [0.717, 1.165) is 11.3 Å². The number of carbonyl (C=O) groups excluding carboxylic acids is 1. The lowest BCUT2D eigenvalue weighted by atomic mass is 10.2. The van der Waals surface area contributed by atoms with Crippen LogP contribution in [0.15, 0.2) is 30.6 Å². The summed E-state index contributed by atoms with van der Waals surface area (Å²) in [4.78, 5) is 24.7. The first-order chi connectivity index (χ1) is 10.5. The lowest BCUT2D eigenvalue weighted by Gasteiger charge is -2.10. The predicted octanol–water partition coefficient (Wildman–Crippen LogP) is 2.18. The van der Waals surface area contributed by atoms with Gasteiger partial charge >= 0.3 is 0 Å². The van der Waals surface area contributed by atoms with Gasteiger partial charge in [0.2, 0.25) is 5.95 Å². The molecule has 0 bridgehead atoms. The van der Waals surface area contributed by atoms with Gasteiger partial charge in [-0.05, 0) is 36.6 Å². The van der Waals surface area contributed by atoms with Crippen molar-refractivity contribution in [2.45, 2.75) is 27.3 Å². The summed E-state index contributed by atoms with van der Waals surface area (Å²) in [7, 11) is 0. The van der Waals surface area contributed by atoms with Crippen molar-refractivity contribution >= 4 is 11.9 Å². The summed E-state index contributed by atoms with van der Waals surface area (Å²) in [6.07, 6.45) is 3.47. The third-order valence-corrected chi connectivity index (χ3v) is 2.96. The fraction of sp³-hybridized carbons (Fsp3) is 0.375. The average molecular weight is 299 g/mol. The highest BCUT2D eigenvalue weighted by atomic mass is 16.1. The van der Waals surface area contributed by atoms with Crippen molar-refractivity contribution in [3.8, 4) is 0 Å². The first kappa shape index (κ1) is 15.9. The maximum Gasteiger partial charge on any atom is 0.270 e. The number of pyridine rings is 1. The predicted molar refractivity (Wildman–Crippen MR) is 85.5 cm³/mol. The molecule has 6 nitrogen and oxygen atoms in total. The Balaban J connectivity index is 2.04. The van der Waals surface area contributed by atoms with Gasteiger partial charge in [0.15, 0.2) is 0 Å². The Labute approximate surface area is 130 Å². The van der Waals surface area contributed by atoms with E-state index in [4.69, 9.17) is 0 Å². The lowest BCUT2D eigenvalue weighted by Crippen LogP contribution is -2.28. The second-order valence-electron chi connectivity index (χ2n) is 5.53. The van der Waals surface area contributed by atoms with Gasteiger partial charge in [-0.1, -0.05) is 13.8 Å². The molecule has 0 unspecified atom stereocenters. The summed E-state index contributed by atoms with van der Waals surface area (Å²) in [6, 6.07) is 5.52. The molecule has 0 atom stereocenters. The minimum atomic E-state index is -0.175. The second kappa shape index (κ2) is 7.49. The summed E-state index contributed by atoms with van der Waals surface area (Å²) in [5.41, 5.74) is 2.21. The number of amides is 1. The van der Waals surface area contributed by atoms with Gasteiger partial charge in [-0.3, -0.25) is 9.78 Å². The Morgan fingerprint density at radius 3 is 2.64 bits per heavy atom. The monoisotopic (exact) mass is 299 g/mol. The maximum atomic E-state index is 12.1. The highest BCUT2D eigenvalue weighted by Crippen LogP contribution is 2.07. The van der Waals surface area contributed by atoms with E-state index in [9.17, 15) is 4.79 Å². The maximum absolute atomic E-state index is 12.1. The van der Waals surface area contributed by atoms with Crippen molar-refractivity contribution in [3.05, 3.63) is 47.5 Å². The van der Waals surface area contributed by atoms with Crippen LogP contribution in [0.3, 0.4) is 0 Å². The first-order valence-corrected chi connectivity index (χ1v) is 7.31. The summed E-state index contributed by atoms with van der Waals surface area (Å²) in [5.74, 6) is 0.675. The van der Waals surface area contributed by atoms with E-state index < -0.39 is 0 Å². The summed E-state index contributed by atoms with van der Waals surface area (Å²) in [6.45, 7) is 7.15. The Morgan fingerprint density at radius 2 is 1.95 bits per heavy atom. The molecule has 0 radical (unpaired) electrons. The number of aryl methyl sites for hydroxylation is 1. The fourth-order valence-electron chi connectivity index (χ4n) is 1.83. The van der Waals surface area contributed by atoms with Crippen LogP contribution in [-0.2, 0) is 6.54 Å². The van der Waals surface area contributed by atoms with Crippen LogP contribution < -0.4 is 10.6 Å². The zero-order valence-electron chi connectivity index (χ0n) is 13.1. The SMILES string of the molecule is Cc1cc(C(=O)NCC(C)C)nc(NCc2ccncc2)n1. The molecule has 2 heterocycles. The van der Waals surface area contributed by atoms with Crippen molar-refractivity contribution < 1.29 is 4.79 Å². The van der Waals surface area contributed by atoms with E-state index >= 15 is 0 Å². The van der Waals surface area contributed by atoms with Gasteiger partial charge in [-0.15, -0.1) is 0 Å². The van der Waals surface area contributed by atoms with E-state index in [1.165, 1.54) is 0 Å². The quantitative estimate of drug-likeness (QED) is 0.854. The van der Waals surface area contributed by atoms with E-state index in [2.05, 4.69) is 25.6 Å². The van der Waals surface area contributed by atoms with E-state index in [1.54, 1.807) is 18.5 Å². The first-order valence-electron chi connectivity index (χ1n) is 7.31. The number of aromatic nitrogens is 3. The zero-order valence-corrected chi connectivity index (χ0v) is 13.1. The minimum absolute atomic E-state index is 0.175. The highest BCUT2D eigenvalue weighted by molar-refractivity contribution is 5.92. The number of anilines is 1.